The summed E-state index contributed by atoms with van der Waals surface area (Å²) < 4.78 is 13.4. The highest BCUT2D eigenvalue weighted by molar-refractivity contribution is 9.10. The van der Waals surface area contributed by atoms with Gasteiger partial charge in [-0.05, 0) is 33.6 Å². The van der Waals surface area contributed by atoms with Crippen LogP contribution in [-0.2, 0) is 11.2 Å². The van der Waals surface area contributed by atoms with Crippen molar-refractivity contribution in [3.05, 3.63) is 34.1 Å². The van der Waals surface area contributed by atoms with E-state index in [4.69, 9.17) is 0 Å². The molecule has 0 radical (unpaired) electrons. The predicted molar refractivity (Wildman–Crippen MR) is 70.7 cm³/mol. The average Bonchev–Trinajstić information content (AvgIpc) is 2.76. The number of nitrogens with zero attached hydrogens (tertiary/aromatic N) is 1. The van der Waals surface area contributed by atoms with Crippen LogP contribution in [0.25, 0.3) is 0 Å². The molecule has 0 saturated carbocycles. The average molecular weight is 317 g/mol. The van der Waals surface area contributed by atoms with Crippen molar-refractivity contribution in [3.63, 3.8) is 0 Å². The Hall–Kier alpha value is -0.880. The van der Waals surface area contributed by atoms with Crippen molar-refractivity contribution in [1.29, 1.82) is 0 Å². The van der Waals surface area contributed by atoms with Crippen LogP contribution in [0.5, 0.6) is 0 Å². The van der Waals surface area contributed by atoms with Crippen molar-refractivity contribution in [2.24, 2.45) is 4.99 Å². The van der Waals surface area contributed by atoms with E-state index in [9.17, 15) is 9.18 Å². The molecule has 1 aliphatic rings. The van der Waals surface area contributed by atoms with Gasteiger partial charge in [-0.2, -0.15) is 0 Å². The van der Waals surface area contributed by atoms with Crippen LogP contribution in [-0.4, -0.2) is 23.4 Å². The van der Waals surface area contributed by atoms with E-state index in [1.807, 2.05) is 0 Å². The Balaban J connectivity index is 1.95. The topological polar surface area (TPSA) is 41.5 Å². The van der Waals surface area contributed by atoms with Crippen LogP contribution in [0, 0.1) is 5.82 Å². The summed E-state index contributed by atoms with van der Waals surface area (Å²) in [6.45, 7) is 0.752. The van der Waals surface area contributed by atoms with Gasteiger partial charge in [0.25, 0.3) is 0 Å². The minimum Gasteiger partial charge on any atom is -0.305 e. The quantitative estimate of drug-likeness (QED) is 0.910. The van der Waals surface area contributed by atoms with E-state index in [1.165, 1.54) is 17.8 Å². The number of hydrogen-bond donors (Lipinski definition) is 1. The largest absolute Gasteiger partial charge is 0.305 e. The predicted octanol–water partition coefficient (Wildman–Crippen LogP) is 2.35. The Morgan fingerprint density at radius 1 is 1.59 bits per heavy atom. The number of carbonyl (C=O) groups is 1. The number of benzene rings is 1. The Morgan fingerprint density at radius 3 is 3.06 bits per heavy atom. The molecule has 0 fully saturated rings. The van der Waals surface area contributed by atoms with Crippen molar-refractivity contribution >= 4 is 38.8 Å². The molecular formula is C11H10BrFN2OS. The van der Waals surface area contributed by atoms with Gasteiger partial charge in [-0.1, -0.05) is 17.8 Å². The van der Waals surface area contributed by atoms with Gasteiger partial charge in [0.1, 0.15) is 5.82 Å². The second-order valence-corrected chi connectivity index (χ2v) is 5.45. The van der Waals surface area contributed by atoms with Crippen LogP contribution in [0.1, 0.15) is 5.56 Å². The Labute approximate surface area is 111 Å². The maximum Gasteiger partial charge on any atom is 0.230 e. The van der Waals surface area contributed by atoms with Gasteiger partial charge < -0.3 is 5.32 Å². The van der Waals surface area contributed by atoms with Crippen LogP contribution in [0.3, 0.4) is 0 Å². The van der Waals surface area contributed by atoms with Crippen molar-refractivity contribution in [2.45, 2.75) is 6.42 Å². The zero-order chi connectivity index (χ0) is 12.3. The fourth-order valence-electron chi connectivity index (χ4n) is 1.41. The molecule has 0 saturated heterocycles. The molecule has 6 heteroatoms. The summed E-state index contributed by atoms with van der Waals surface area (Å²) in [5, 5.41) is 3.40. The van der Waals surface area contributed by atoms with Gasteiger partial charge in [-0.3, -0.25) is 9.79 Å². The van der Waals surface area contributed by atoms with E-state index in [2.05, 4.69) is 26.2 Å². The summed E-state index contributed by atoms with van der Waals surface area (Å²) in [6, 6.07) is 4.55. The molecule has 2 rings (SSSR count). The molecule has 0 spiro atoms. The first-order valence-electron chi connectivity index (χ1n) is 5.06. The number of amides is 1. The van der Waals surface area contributed by atoms with Crippen molar-refractivity contribution in [1.82, 2.24) is 5.32 Å². The third kappa shape index (κ3) is 3.54. The van der Waals surface area contributed by atoms with Crippen LogP contribution < -0.4 is 5.32 Å². The summed E-state index contributed by atoms with van der Waals surface area (Å²) in [7, 11) is 0. The maximum absolute atomic E-state index is 13.0. The van der Waals surface area contributed by atoms with Crippen LogP contribution in [0.2, 0.25) is 0 Å². The first kappa shape index (κ1) is 12.6. The highest BCUT2D eigenvalue weighted by Crippen LogP contribution is 2.17. The fraction of sp³-hybridized carbons (Fsp3) is 0.273. The Kier molecular flexibility index (Phi) is 4.17. The molecule has 90 valence electrons. The van der Waals surface area contributed by atoms with Gasteiger partial charge in [0.05, 0.1) is 17.4 Å². The lowest BCUT2D eigenvalue weighted by Crippen LogP contribution is -2.28. The van der Waals surface area contributed by atoms with Crippen molar-refractivity contribution in [2.75, 3.05) is 12.3 Å². The van der Waals surface area contributed by atoms with Crippen LogP contribution in [0.4, 0.5) is 4.39 Å². The minimum atomic E-state index is -0.329. The Morgan fingerprint density at radius 2 is 2.41 bits per heavy atom. The molecule has 0 unspecified atom stereocenters. The van der Waals surface area contributed by atoms with E-state index >= 15 is 0 Å². The molecule has 0 aliphatic carbocycles. The van der Waals surface area contributed by atoms with E-state index < -0.39 is 0 Å². The summed E-state index contributed by atoms with van der Waals surface area (Å²) in [5.74, 6) is 0.457. The standard InChI is InChI=1S/C11H10BrFN2OS/c12-8-5-7(1-2-9(8)13)6-10(16)15-11-14-3-4-17-11/h1-2,5H,3-4,6H2,(H,14,15,16). The molecule has 1 N–H and O–H groups in total. The molecular weight excluding hydrogens is 307 g/mol. The van der Waals surface area contributed by atoms with Gasteiger partial charge in [-0.15, -0.1) is 0 Å². The summed E-state index contributed by atoms with van der Waals surface area (Å²) in [6.07, 6.45) is 0.221. The van der Waals surface area contributed by atoms with Crippen molar-refractivity contribution < 1.29 is 9.18 Å². The fourth-order valence-corrected chi connectivity index (χ4v) is 2.58. The number of amidine groups is 1. The summed E-state index contributed by atoms with van der Waals surface area (Å²) in [4.78, 5) is 15.8. The number of hydrogen-bond acceptors (Lipinski definition) is 3. The number of halogens is 2. The molecule has 0 aromatic heterocycles. The van der Waals surface area contributed by atoms with Crippen LogP contribution >= 0.6 is 27.7 Å². The molecule has 0 bridgehead atoms. The van der Waals surface area contributed by atoms with Gasteiger partial charge in [0.2, 0.25) is 5.91 Å². The second kappa shape index (κ2) is 5.64. The molecule has 1 aromatic carbocycles. The number of thioether (sulfide) groups is 1. The van der Waals surface area contributed by atoms with E-state index in [0.29, 0.717) is 9.64 Å². The normalized spacial score (nSPS) is 14.6. The molecule has 1 amide bonds. The van der Waals surface area contributed by atoms with Gasteiger partial charge in [-0.25, -0.2) is 4.39 Å². The molecule has 1 aliphatic heterocycles. The second-order valence-electron chi connectivity index (χ2n) is 3.51. The SMILES string of the molecule is O=C(Cc1ccc(F)c(Br)c1)NC1=NCCS1. The van der Waals surface area contributed by atoms with Gasteiger partial charge >= 0.3 is 0 Å². The number of nitrogens with one attached hydrogen (secondary N) is 1. The summed E-state index contributed by atoms with van der Waals surface area (Å²) in [5.41, 5.74) is 0.763. The zero-order valence-corrected chi connectivity index (χ0v) is 11.3. The highest BCUT2D eigenvalue weighted by Gasteiger charge is 2.11. The lowest BCUT2D eigenvalue weighted by Gasteiger charge is -2.04. The third-order valence-electron chi connectivity index (χ3n) is 2.18. The lowest BCUT2D eigenvalue weighted by molar-refractivity contribution is -0.119. The molecule has 3 nitrogen and oxygen atoms in total. The molecule has 0 atom stereocenters. The lowest BCUT2D eigenvalue weighted by atomic mass is 10.1. The number of rotatable bonds is 2. The maximum atomic E-state index is 13.0. The molecule has 1 heterocycles. The Bertz CT molecular complexity index is 479. The highest BCUT2D eigenvalue weighted by atomic mass is 79.9. The number of aliphatic imine (C=N–C) groups is 1. The van der Waals surface area contributed by atoms with E-state index in [-0.39, 0.29) is 18.1 Å². The zero-order valence-electron chi connectivity index (χ0n) is 8.87. The summed E-state index contributed by atoms with van der Waals surface area (Å²) >= 11 is 4.63. The smallest absolute Gasteiger partial charge is 0.230 e. The monoisotopic (exact) mass is 316 g/mol. The van der Waals surface area contributed by atoms with Gasteiger partial charge in [0.15, 0.2) is 5.17 Å². The van der Waals surface area contributed by atoms with Crippen molar-refractivity contribution in [3.8, 4) is 0 Å². The minimum absolute atomic E-state index is 0.128. The molecule has 1 aromatic rings. The van der Waals surface area contributed by atoms with E-state index in [1.54, 1.807) is 12.1 Å². The van der Waals surface area contributed by atoms with Gasteiger partial charge in [0, 0.05) is 5.75 Å². The number of carbonyl (C=O) groups excluding carboxylic acids is 1. The van der Waals surface area contributed by atoms with Crippen LogP contribution in [0.15, 0.2) is 27.7 Å². The first-order chi connectivity index (χ1) is 8.15. The first-order valence-corrected chi connectivity index (χ1v) is 6.84. The third-order valence-corrected chi connectivity index (χ3v) is 3.68. The van der Waals surface area contributed by atoms with E-state index in [0.717, 1.165) is 17.9 Å². The molecule has 17 heavy (non-hydrogen) atoms.